The van der Waals surface area contributed by atoms with Crippen LogP contribution >= 0.6 is 0 Å². The molecular weight excluding hydrogens is 196 g/mol. The lowest BCUT2D eigenvalue weighted by atomic mass is 9.92. The topological polar surface area (TPSA) is 15.3 Å². The molecule has 0 aromatic rings. The van der Waals surface area contributed by atoms with E-state index in [1.807, 2.05) is 0 Å². The van der Waals surface area contributed by atoms with Crippen LogP contribution in [0.5, 0.6) is 0 Å². The monoisotopic (exact) mass is 226 g/mol. The summed E-state index contributed by atoms with van der Waals surface area (Å²) in [6, 6.07) is 0.680. The first-order valence-corrected chi connectivity index (χ1v) is 7.07. The Bertz CT molecular complexity index is 172. The Morgan fingerprint density at radius 3 is 2.44 bits per heavy atom. The molecule has 1 fully saturated rings. The van der Waals surface area contributed by atoms with Gasteiger partial charge in [0, 0.05) is 19.1 Å². The van der Waals surface area contributed by atoms with Crippen LogP contribution in [0.4, 0.5) is 0 Å². The Kier molecular flexibility index (Phi) is 6.37. The highest BCUT2D eigenvalue weighted by Crippen LogP contribution is 2.20. The van der Waals surface area contributed by atoms with E-state index in [-0.39, 0.29) is 0 Å². The molecule has 96 valence electrons. The van der Waals surface area contributed by atoms with Crippen molar-refractivity contribution in [1.29, 1.82) is 0 Å². The maximum absolute atomic E-state index is 3.57. The summed E-state index contributed by atoms with van der Waals surface area (Å²) in [5, 5.41) is 3.57. The van der Waals surface area contributed by atoms with E-state index < -0.39 is 0 Å². The number of likely N-dealkylation sites (tertiary alicyclic amines) is 1. The number of piperidine rings is 1. The molecule has 0 saturated carbocycles. The molecular formula is C14H30N2. The van der Waals surface area contributed by atoms with Crippen LogP contribution in [0.3, 0.4) is 0 Å². The minimum atomic E-state index is 0.680. The van der Waals surface area contributed by atoms with Gasteiger partial charge in [-0.2, -0.15) is 0 Å². The summed E-state index contributed by atoms with van der Waals surface area (Å²) in [5.41, 5.74) is 0. The molecule has 1 heterocycles. The summed E-state index contributed by atoms with van der Waals surface area (Å²) in [4.78, 5) is 2.65. The molecule has 1 N–H and O–H groups in total. The molecule has 0 radical (unpaired) electrons. The van der Waals surface area contributed by atoms with E-state index in [9.17, 15) is 0 Å². The zero-order valence-electron chi connectivity index (χ0n) is 11.6. The standard InChI is InChI=1S/C14H30N2/c1-5-14(4)15-7-6-8-16-10-12(2)9-13(3)11-16/h12-15H,5-11H2,1-4H3/t12-,13+,14?. The summed E-state index contributed by atoms with van der Waals surface area (Å²) in [7, 11) is 0. The molecule has 0 amide bonds. The lowest BCUT2D eigenvalue weighted by Gasteiger charge is -2.35. The van der Waals surface area contributed by atoms with Gasteiger partial charge in [0.15, 0.2) is 0 Å². The van der Waals surface area contributed by atoms with Crippen molar-refractivity contribution in [2.75, 3.05) is 26.2 Å². The molecule has 0 spiro atoms. The van der Waals surface area contributed by atoms with Crippen molar-refractivity contribution in [2.45, 2.75) is 53.0 Å². The van der Waals surface area contributed by atoms with Crippen LogP contribution < -0.4 is 5.32 Å². The van der Waals surface area contributed by atoms with Gasteiger partial charge < -0.3 is 10.2 Å². The number of hydrogen-bond acceptors (Lipinski definition) is 2. The average molecular weight is 226 g/mol. The third-order valence-corrected chi connectivity index (χ3v) is 3.70. The fourth-order valence-corrected chi connectivity index (χ4v) is 2.77. The SMILES string of the molecule is CCC(C)NCCCN1C[C@H](C)C[C@H](C)C1. The van der Waals surface area contributed by atoms with Crippen molar-refractivity contribution in [2.24, 2.45) is 11.8 Å². The average Bonchev–Trinajstić information content (AvgIpc) is 2.22. The predicted molar refractivity (Wildman–Crippen MR) is 71.8 cm³/mol. The molecule has 0 aliphatic carbocycles. The van der Waals surface area contributed by atoms with Gasteiger partial charge in [0.05, 0.1) is 0 Å². The molecule has 1 aliphatic rings. The minimum absolute atomic E-state index is 0.680. The molecule has 0 aromatic heterocycles. The van der Waals surface area contributed by atoms with Gasteiger partial charge in [0.2, 0.25) is 0 Å². The lowest BCUT2D eigenvalue weighted by Crippen LogP contribution is -2.40. The van der Waals surface area contributed by atoms with Crippen molar-refractivity contribution in [3.63, 3.8) is 0 Å². The summed E-state index contributed by atoms with van der Waals surface area (Å²) in [6.45, 7) is 14.4. The predicted octanol–water partition coefficient (Wildman–Crippen LogP) is 2.74. The second kappa shape index (κ2) is 7.29. The Hall–Kier alpha value is -0.0800. The molecule has 1 unspecified atom stereocenters. The van der Waals surface area contributed by atoms with Crippen molar-refractivity contribution in [3.8, 4) is 0 Å². The van der Waals surface area contributed by atoms with Gasteiger partial charge >= 0.3 is 0 Å². The second-order valence-corrected chi connectivity index (χ2v) is 5.82. The largest absolute Gasteiger partial charge is 0.314 e. The molecule has 0 aromatic carbocycles. The van der Waals surface area contributed by atoms with E-state index in [0.717, 1.165) is 11.8 Å². The molecule has 2 heteroatoms. The number of nitrogens with zero attached hydrogens (tertiary/aromatic N) is 1. The third kappa shape index (κ3) is 5.31. The summed E-state index contributed by atoms with van der Waals surface area (Å²) in [6.07, 6.45) is 3.95. The Labute approximate surface area is 102 Å². The fourth-order valence-electron chi connectivity index (χ4n) is 2.77. The van der Waals surface area contributed by atoms with Crippen LogP contribution in [0.15, 0.2) is 0 Å². The van der Waals surface area contributed by atoms with Gasteiger partial charge in [-0.3, -0.25) is 0 Å². The highest BCUT2D eigenvalue weighted by Gasteiger charge is 2.20. The first-order chi connectivity index (χ1) is 7.61. The fraction of sp³-hybridized carbons (Fsp3) is 1.00. The van der Waals surface area contributed by atoms with Gasteiger partial charge in [-0.1, -0.05) is 20.8 Å². The highest BCUT2D eigenvalue weighted by molar-refractivity contribution is 4.74. The van der Waals surface area contributed by atoms with E-state index in [4.69, 9.17) is 0 Å². The van der Waals surface area contributed by atoms with E-state index in [2.05, 4.69) is 37.9 Å². The van der Waals surface area contributed by atoms with E-state index in [0.29, 0.717) is 6.04 Å². The zero-order valence-corrected chi connectivity index (χ0v) is 11.6. The molecule has 0 bridgehead atoms. The van der Waals surface area contributed by atoms with Crippen LogP contribution in [0.25, 0.3) is 0 Å². The van der Waals surface area contributed by atoms with Crippen molar-refractivity contribution < 1.29 is 0 Å². The number of nitrogens with one attached hydrogen (secondary N) is 1. The Balaban J connectivity index is 2.08. The molecule has 16 heavy (non-hydrogen) atoms. The zero-order chi connectivity index (χ0) is 12.0. The van der Waals surface area contributed by atoms with Crippen LogP contribution in [0.1, 0.15) is 47.0 Å². The van der Waals surface area contributed by atoms with Crippen molar-refractivity contribution in [3.05, 3.63) is 0 Å². The molecule has 1 saturated heterocycles. The summed E-state index contributed by atoms with van der Waals surface area (Å²) >= 11 is 0. The molecule has 2 nitrogen and oxygen atoms in total. The normalized spacial score (nSPS) is 29.2. The second-order valence-electron chi connectivity index (χ2n) is 5.82. The van der Waals surface area contributed by atoms with Gasteiger partial charge in [0.1, 0.15) is 0 Å². The minimum Gasteiger partial charge on any atom is -0.314 e. The number of hydrogen-bond donors (Lipinski definition) is 1. The van der Waals surface area contributed by atoms with E-state index in [1.165, 1.54) is 45.4 Å². The molecule has 1 rings (SSSR count). The van der Waals surface area contributed by atoms with Crippen molar-refractivity contribution >= 4 is 0 Å². The van der Waals surface area contributed by atoms with Gasteiger partial charge in [-0.15, -0.1) is 0 Å². The van der Waals surface area contributed by atoms with Gasteiger partial charge in [0.25, 0.3) is 0 Å². The first kappa shape index (κ1) is 14.0. The maximum atomic E-state index is 3.57. The smallest absolute Gasteiger partial charge is 0.00361 e. The van der Waals surface area contributed by atoms with Crippen LogP contribution in [-0.4, -0.2) is 37.1 Å². The summed E-state index contributed by atoms with van der Waals surface area (Å²) < 4.78 is 0. The summed E-state index contributed by atoms with van der Waals surface area (Å²) in [5.74, 6) is 1.79. The van der Waals surface area contributed by atoms with Gasteiger partial charge in [-0.05, 0) is 51.1 Å². The lowest BCUT2D eigenvalue weighted by molar-refractivity contribution is 0.139. The highest BCUT2D eigenvalue weighted by atomic mass is 15.1. The van der Waals surface area contributed by atoms with Gasteiger partial charge in [-0.25, -0.2) is 0 Å². The van der Waals surface area contributed by atoms with E-state index in [1.54, 1.807) is 0 Å². The van der Waals surface area contributed by atoms with Crippen molar-refractivity contribution in [1.82, 2.24) is 10.2 Å². The Morgan fingerprint density at radius 1 is 1.25 bits per heavy atom. The quantitative estimate of drug-likeness (QED) is 0.701. The van der Waals surface area contributed by atoms with Crippen LogP contribution in [0, 0.1) is 11.8 Å². The number of rotatable bonds is 6. The molecule has 1 aliphatic heterocycles. The van der Waals surface area contributed by atoms with E-state index >= 15 is 0 Å². The van der Waals surface area contributed by atoms with Crippen LogP contribution in [-0.2, 0) is 0 Å². The maximum Gasteiger partial charge on any atom is 0.00361 e. The third-order valence-electron chi connectivity index (χ3n) is 3.70. The first-order valence-electron chi connectivity index (χ1n) is 7.07. The van der Waals surface area contributed by atoms with Crippen LogP contribution in [0.2, 0.25) is 0 Å². The molecule has 3 atom stereocenters. The Morgan fingerprint density at radius 2 is 1.88 bits per heavy atom.